The molecule has 7 nitrogen and oxygen atoms in total. The summed E-state index contributed by atoms with van der Waals surface area (Å²) in [5.74, 6) is 2.05. The van der Waals surface area contributed by atoms with Gasteiger partial charge in [-0.2, -0.15) is 4.98 Å². The number of ether oxygens (including phenoxy) is 3. The number of fused-ring (bicyclic) bond motifs is 4. The lowest BCUT2D eigenvalue weighted by atomic mass is 9.97. The second kappa shape index (κ2) is 7.18. The van der Waals surface area contributed by atoms with Gasteiger partial charge in [0.05, 0.1) is 19.9 Å². The van der Waals surface area contributed by atoms with Crippen LogP contribution in [-0.4, -0.2) is 28.8 Å². The first-order valence-electron chi connectivity index (χ1n) is 9.56. The summed E-state index contributed by atoms with van der Waals surface area (Å²) in [7, 11) is 3.20. The molecule has 2 aromatic heterocycles. The summed E-state index contributed by atoms with van der Waals surface area (Å²) in [5.41, 5.74) is 3.08. The monoisotopic (exact) mass is 401 g/mol. The van der Waals surface area contributed by atoms with Gasteiger partial charge in [0.25, 0.3) is 0 Å². The number of aryl methyl sites for hydroxylation is 1. The van der Waals surface area contributed by atoms with Gasteiger partial charge >= 0.3 is 5.69 Å². The molecule has 0 fully saturated rings. The number of hydrogen-bond donors (Lipinski definition) is 0. The van der Waals surface area contributed by atoms with Crippen LogP contribution in [0.15, 0.2) is 59.5 Å². The predicted molar refractivity (Wildman–Crippen MR) is 113 cm³/mol. The molecule has 150 valence electrons. The number of methoxy groups -OCH3 is 2. The van der Waals surface area contributed by atoms with E-state index >= 15 is 0 Å². The van der Waals surface area contributed by atoms with E-state index in [1.54, 1.807) is 31.0 Å². The molecule has 0 spiro atoms. The quantitative estimate of drug-likeness (QED) is 0.517. The Labute approximate surface area is 172 Å². The molecule has 0 bridgehead atoms. The van der Waals surface area contributed by atoms with Crippen LogP contribution in [0.1, 0.15) is 5.56 Å². The molecule has 1 aliphatic rings. The van der Waals surface area contributed by atoms with Crippen LogP contribution in [0.5, 0.6) is 23.1 Å². The first kappa shape index (κ1) is 18.2. The number of pyridine rings is 1. The van der Waals surface area contributed by atoms with Crippen LogP contribution in [0.2, 0.25) is 0 Å². The molecule has 0 N–H and O–H groups in total. The van der Waals surface area contributed by atoms with E-state index in [0.29, 0.717) is 35.7 Å². The lowest BCUT2D eigenvalue weighted by molar-refractivity contribution is 0.354. The molecule has 0 radical (unpaired) electrons. The molecule has 4 aromatic rings. The highest BCUT2D eigenvalue weighted by Crippen LogP contribution is 2.39. The smallest absolute Gasteiger partial charge is 0.351 e. The van der Waals surface area contributed by atoms with Crippen molar-refractivity contribution in [1.82, 2.24) is 14.5 Å². The van der Waals surface area contributed by atoms with Crippen molar-refractivity contribution in [3.05, 3.63) is 70.8 Å². The van der Waals surface area contributed by atoms with E-state index in [4.69, 9.17) is 14.2 Å². The molecule has 0 unspecified atom stereocenters. The van der Waals surface area contributed by atoms with Crippen LogP contribution in [0.4, 0.5) is 0 Å². The first-order chi connectivity index (χ1) is 14.7. The van der Waals surface area contributed by atoms with Gasteiger partial charge in [-0.3, -0.25) is 9.55 Å². The summed E-state index contributed by atoms with van der Waals surface area (Å²) in [6.07, 6.45) is 2.41. The molecule has 3 heterocycles. The summed E-state index contributed by atoms with van der Waals surface area (Å²) in [6, 6.07) is 15.1. The Kier molecular flexibility index (Phi) is 4.35. The van der Waals surface area contributed by atoms with Gasteiger partial charge in [-0.05, 0) is 36.2 Å². The largest absolute Gasteiger partial charge is 0.493 e. The maximum atomic E-state index is 12.7. The Morgan fingerprint density at radius 3 is 2.60 bits per heavy atom. The molecular weight excluding hydrogens is 382 g/mol. The molecule has 0 saturated heterocycles. The average Bonchev–Trinajstić information content (AvgIpc) is 2.78. The van der Waals surface area contributed by atoms with Gasteiger partial charge < -0.3 is 14.2 Å². The molecule has 30 heavy (non-hydrogen) atoms. The number of benzene rings is 2. The Morgan fingerprint density at radius 2 is 1.77 bits per heavy atom. The second-order valence-electron chi connectivity index (χ2n) is 6.96. The maximum Gasteiger partial charge on any atom is 0.351 e. The molecule has 0 atom stereocenters. The van der Waals surface area contributed by atoms with Crippen molar-refractivity contribution in [3.8, 4) is 34.4 Å². The van der Waals surface area contributed by atoms with Crippen molar-refractivity contribution in [2.75, 3.05) is 14.2 Å². The zero-order valence-corrected chi connectivity index (χ0v) is 16.6. The van der Waals surface area contributed by atoms with E-state index in [2.05, 4.69) is 9.97 Å². The summed E-state index contributed by atoms with van der Waals surface area (Å²) in [5, 5.41) is 0.951. The van der Waals surface area contributed by atoms with Gasteiger partial charge in [0.2, 0.25) is 5.88 Å². The fourth-order valence-electron chi connectivity index (χ4n) is 3.85. The molecule has 1 aliphatic heterocycles. The minimum absolute atomic E-state index is 0.229. The number of hydrogen-bond acceptors (Lipinski definition) is 6. The molecule has 0 saturated carbocycles. The Hall–Kier alpha value is -3.87. The van der Waals surface area contributed by atoms with Crippen molar-refractivity contribution in [1.29, 1.82) is 0 Å². The molecule has 0 aliphatic carbocycles. The second-order valence-corrected chi connectivity index (χ2v) is 6.96. The SMILES string of the molecule is COc1cc2c(cc1OC)-c1cc(Oc3cccc4cccnc34)nc(=O)n1CC2. The van der Waals surface area contributed by atoms with Crippen molar-refractivity contribution in [2.45, 2.75) is 13.0 Å². The number of nitrogens with zero attached hydrogens (tertiary/aromatic N) is 3. The minimum atomic E-state index is -0.351. The lowest BCUT2D eigenvalue weighted by Gasteiger charge is -2.23. The van der Waals surface area contributed by atoms with Gasteiger partial charge in [0, 0.05) is 29.8 Å². The third-order valence-corrected chi connectivity index (χ3v) is 5.29. The maximum absolute atomic E-state index is 12.7. The normalized spacial score (nSPS) is 12.2. The van der Waals surface area contributed by atoms with Gasteiger partial charge in [0.15, 0.2) is 17.2 Å². The van der Waals surface area contributed by atoms with E-state index in [1.165, 1.54) is 0 Å². The van der Waals surface area contributed by atoms with Crippen molar-refractivity contribution in [3.63, 3.8) is 0 Å². The van der Waals surface area contributed by atoms with Gasteiger partial charge in [-0.25, -0.2) is 4.79 Å². The standard InChI is InChI=1S/C23H19N3O4/c1-28-19-11-15-8-10-26-17(16(15)12-20(19)29-2)13-21(25-23(26)27)30-18-7-3-5-14-6-4-9-24-22(14)18/h3-7,9,11-13H,8,10H2,1-2H3. The highest BCUT2D eigenvalue weighted by Gasteiger charge is 2.22. The van der Waals surface area contributed by atoms with Crippen molar-refractivity contribution < 1.29 is 14.2 Å². The van der Waals surface area contributed by atoms with E-state index in [1.807, 2.05) is 42.5 Å². The third kappa shape index (κ3) is 2.95. The highest BCUT2D eigenvalue weighted by molar-refractivity contribution is 5.84. The van der Waals surface area contributed by atoms with E-state index < -0.39 is 0 Å². The molecular formula is C23H19N3O4. The topological polar surface area (TPSA) is 75.5 Å². The van der Waals surface area contributed by atoms with Gasteiger partial charge in [0.1, 0.15) is 5.52 Å². The molecule has 5 rings (SSSR count). The van der Waals surface area contributed by atoms with Crippen molar-refractivity contribution in [2.24, 2.45) is 0 Å². The number of aromatic nitrogens is 3. The number of para-hydroxylation sites is 1. The summed E-state index contributed by atoms with van der Waals surface area (Å²) >= 11 is 0. The Morgan fingerprint density at radius 1 is 0.967 bits per heavy atom. The van der Waals surface area contributed by atoms with E-state index in [9.17, 15) is 4.79 Å². The third-order valence-electron chi connectivity index (χ3n) is 5.29. The zero-order chi connectivity index (χ0) is 20.7. The van der Waals surface area contributed by atoms with Crippen LogP contribution < -0.4 is 19.9 Å². The fourth-order valence-corrected chi connectivity index (χ4v) is 3.85. The molecule has 0 amide bonds. The van der Waals surface area contributed by atoms with Crippen LogP contribution in [0.3, 0.4) is 0 Å². The minimum Gasteiger partial charge on any atom is -0.493 e. The first-order valence-corrected chi connectivity index (χ1v) is 9.56. The van der Waals surface area contributed by atoms with E-state index in [0.717, 1.165) is 22.2 Å². The lowest BCUT2D eigenvalue weighted by Crippen LogP contribution is -2.28. The van der Waals surface area contributed by atoms with Gasteiger partial charge in [-0.1, -0.05) is 18.2 Å². The average molecular weight is 401 g/mol. The summed E-state index contributed by atoms with van der Waals surface area (Å²) in [4.78, 5) is 21.3. The van der Waals surface area contributed by atoms with E-state index in [-0.39, 0.29) is 11.6 Å². The Balaban J connectivity index is 1.63. The van der Waals surface area contributed by atoms with Crippen LogP contribution in [0.25, 0.3) is 22.2 Å². The predicted octanol–water partition coefficient (Wildman–Crippen LogP) is 3.82. The molecule has 2 aromatic carbocycles. The summed E-state index contributed by atoms with van der Waals surface area (Å²) in [6.45, 7) is 0.541. The summed E-state index contributed by atoms with van der Waals surface area (Å²) < 4.78 is 18.5. The highest BCUT2D eigenvalue weighted by atomic mass is 16.5. The zero-order valence-electron chi connectivity index (χ0n) is 16.6. The van der Waals surface area contributed by atoms with Crippen molar-refractivity contribution >= 4 is 10.9 Å². The van der Waals surface area contributed by atoms with Crippen LogP contribution in [-0.2, 0) is 13.0 Å². The van der Waals surface area contributed by atoms with Crippen LogP contribution in [0, 0.1) is 0 Å². The Bertz CT molecular complexity index is 1320. The molecule has 7 heteroatoms. The van der Waals surface area contributed by atoms with Crippen LogP contribution >= 0.6 is 0 Å². The fraction of sp³-hybridized carbons (Fsp3) is 0.174. The van der Waals surface area contributed by atoms with Gasteiger partial charge in [-0.15, -0.1) is 0 Å². The number of rotatable bonds is 4.